The molecule has 0 saturated heterocycles. The number of aromatic hydroxyl groups is 1. The molecule has 0 fully saturated rings. The van der Waals surface area contributed by atoms with Crippen LogP contribution in [-0.2, 0) is 28.4 Å². The van der Waals surface area contributed by atoms with Crippen LogP contribution in [0.25, 0.3) is 22.3 Å². The number of rotatable bonds is 2. The average molecular weight is 481 g/mol. The molecule has 0 saturated carbocycles. The van der Waals surface area contributed by atoms with Crippen LogP contribution in [0.3, 0.4) is 0 Å². The molecule has 5 rings (SSSR count). The van der Waals surface area contributed by atoms with Gasteiger partial charge in [-0.25, -0.2) is 14.2 Å². The Hall–Kier alpha value is -3.00. The SMILES string of the molecule is CC[C@]1(F)C(=O)OCc2c1cc1n(c2=O)Cc2c-1nc1ccc(O)cc1c2[Si](C)(C)C(C)(C)C. The summed E-state index contributed by atoms with van der Waals surface area (Å²) in [4.78, 5) is 30.8. The van der Waals surface area contributed by atoms with E-state index in [1.54, 1.807) is 35.8 Å². The number of cyclic esters (lactones) is 1. The highest BCUT2D eigenvalue weighted by Gasteiger charge is 2.48. The second-order valence-corrected chi connectivity index (χ2v) is 16.2. The Bertz CT molecular complexity index is 1450. The molecule has 1 N–H and O–H groups in total. The summed E-state index contributed by atoms with van der Waals surface area (Å²) in [5.41, 5.74) is 0.425. The molecule has 2 aliphatic rings. The van der Waals surface area contributed by atoms with E-state index in [0.29, 0.717) is 17.9 Å². The van der Waals surface area contributed by atoms with Gasteiger partial charge in [0.2, 0.25) is 5.67 Å². The Kier molecular flexibility index (Phi) is 4.69. The topological polar surface area (TPSA) is 81.4 Å². The van der Waals surface area contributed by atoms with Crippen LogP contribution in [0.5, 0.6) is 5.75 Å². The van der Waals surface area contributed by atoms with Gasteiger partial charge in [0.1, 0.15) is 12.4 Å². The van der Waals surface area contributed by atoms with Crippen LogP contribution in [0.1, 0.15) is 50.8 Å². The number of alkyl halides is 1. The van der Waals surface area contributed by atoms with Crippen LogP contribution < -0.4 is 10.7 Å². The van der Waals surface area contributed by atoms with Crippen molar-refractivity contribution < 1.29 is 19.0 Å². The number of phenolic OH excluding ortho intramolecular Hbond substituents is 1. The number of hydrogen-bond acceptors (Lipinski definition) is 5. The first kappa shape index (κ1) is 22.8. The smallest absolute Gasteiger partial charge is 0.348 e. The first-order valence-electron chi connectivity index (χ1n) is 11.6. The molecule has 0 bridgehead atoms. The van der Waals surface area contributed by atoms with Crippen molar-refractivity contribution >= 4 is 30.1 Å². The molecule has 1 atom stereocenters. The van der Waals surface area contributed by atoms with Crippen molar-refractivity contribution in [2.45, 2.75) is 71.1 Å². The van der Waals surface area contributed by atoms with E-state index in [9.17, 15) is 14.7 Å². The van der Waals surface area contributed by atoms with Crippen molar-refractivity contribution in [3.8, 4) is 17.1 Å². The van der Waals surface area contributed by atoms with E-state index in [-0.39, 0.29) is 40.5 Å². The molecular weight excluding hydrogens is 451 g/mol. The molecule has 2 aromatic heterocycles. The van der Waals surface area contributed by atoms with Gasteiger partial charge in [0.25, 0.3) is 5.56 Å². The third-order valence-corrected chi connectivity index (χ3v) is 13.7. The van der Waals surface area contributed by atoms with Crippen LogP contribution in [0, 0.1) is 0 Å². The number of esters is 1. The molecule has 2 aliphatic heterocycles. The number of nitrogens with zero attached hydrogens (tertiary/aromatic N) is 2. The zero-order valence-electron chi connectivity index (χ0n) is 20.4. The number of fused-ring (bicyclic) bond motifs is 5. The lowest BCUT2D eigenvalue weighted by atomic mass is 9.87. The monoisotopic (exact) mass is 480 g/mol. The quantitative estimate of drug-likeness (QED) is 0.338. The van der Waals surface area contributed by atoms with E-state index >= 15 is 4.39 Å². The molecule has 34 heavy (non-hydrogen) atoms. The number of benzene rings is 1. The molecule has 178 valence electrons. The molecule has 0 spiro atoms. The number of phenols is 1. The third-order valence-electron chi connectivity index (χ3n) is 8.11. The summed E-state index contributed by atoms with van der Waals surface area (Å²) in [5, 5.41) is 12.3. The number of hydrogen-bond donors (Lipinski definition) is 1. The van der Waals surface area contributed by atoms with Crippen molar-refractivity contribution in [1.82, 2.24) is 9.55 Å². The van der Waals surface area contributed by atoms with Gasteiger partial charge in [-0.1, -0.05) is 40.8 Å². The van der Waals surface area contributed by atoms with Crippen LogP contribution in [0.2, 0.25) is 18.1 Å². The summed E-state index contributed by atoms with van der Waals surface area (Å²) < 4.78 is 22.5. The Morgan fingerprint density at radius 1 is 1.21 bits per heavy atom. The van der Waals surface area contributed by atoms with Crippen molar-refractivity contribution in [3.05, 3.63) is 51.3 Å². The Morgan fingerprint density at radius 2 is 1.91 bits per heavy atom. The van der Waals surface area contributed by atoms with Gasteiger partial charge in [0, 0.05) is 10.9 Å². The minimum atomic E-state index is -2.35. The second kappa shape index (κ2) is 7.01. The van der Waals surface area contributed by atoms with Gasteiger partial charge in [0.05, 0.1) is 37.1 Å². The number of carbonyl (C=O) groups is 1. The molecule has 0 aliphatic carbocycles. The van der Waals surface area contributed by atoms with E-state index in [1.807, 2.05) is 0 Å². The van der Waals surface area contributed by atoms with Crippen molar-refractivity contribution in [2.24, 2.45) is 0 Å². The summed E-state index contributed by atoms with van der Waals surface area (Å²) in [6.07, 6.45) is -0.117. The van der Waals surface area contributed by atoms with E-state index < -0.39 is 19.7 Å². The lowest BCUT2D eigenvalue weighted by molar-refractivity contribution is -0.163. The highest BCUT2D eigenvalue weighted by Crippen LogP contribution is 2.43. The normalized spacial score (nSPS) is 19.6. The number of carbonyl (C=O) groups excluding carboxylic acids is 1. The maximum absolute atomic E-state index is 15.8. The molecule has 6 nitrogen and oxygen atoms in total. The second-order valence-electron chi connectivity index (χ2n) is 10.9. The predicted molar refractivity (Wildman–Crippen MR) is 132 cm³/mol. The van der Waals surface area contributed by atoms with Gasteiger partial charge in [-0.3, -0.25) is 4.79 Å². The molecule has 1 aromatic carbocycles. The molecule has 0 amide bonds. The van der Waals surface area contributed by atoms with Gasteiger partial charge in [-0.15, -0.1) is 0 Å². The zero-order chi connectivity index (χ0) is 24.8. The van der Waals surface area contributed by atoms with Crippen molar-refractivity contribution in [1.29, 1.82) is 0 Å². The van der Waals surface area contributed by atoms with Crippen molar-refractivity contribution in [2.75, 3.05) is 0 Å². The lowest BCUT2D eigenvalue weighted by Gasteiger charge is -2.39. The maximum atomic E-state index is 15.8. The molecule has 0 unspecified atom stereocenters. The summed E-state index contributed by atoms with van der Waals surface area (Å²) >= 11 is 0. The van der Waals surface area contributed by atoms with E-state index in [0.717, 1.165) is 21.7 Å². The van der Waals surface area contributed by atoms with Gasteiger partial charge in [-0.2, -0.15) is 0 Å². The largest absolute Gasteiger partial charge is 0.508 e. The predicted octanol–water partition coefficient (Wildman–Crippen LogP) is 4.48. The van der Waals surface area contributed by atoms with E-state index in [2.05, 4.69) is 33.9 Å². The Labute approximate surface area is 198 Å². The zero-order valence-corrected chi connectivity index (χ0v) is 21.4. The highest BCUT2D eigenvalue weighted by atomic mass is 28.3. The fraction of sp³-hybridized carbons (Fsp3) is 0.423. The van der Waals surface area contributed by atoms with Gasteiger partial charge < -0.3 is 14.4 Å². The first-order chi connectivity index (χ1) is 15.8. The Balaban J connectivity index is 1.88. The number of pyridine rings is 2. The summed E-state index contributed by atoms with van der Waals surface area (Å²) in [6, 6.07) is 6.77. The number of halogens is 1. The fourth-order valence-electron chi connectivity index (χ4n) is 5.14. The van der Waals surface area contributed by atoms with Gasteiger partial charge >= 0.3 is 5.97 Å². The van der Waals surface area contributed by atoms with Crippen LogP contribution >= 0.6 is 0 Å². The van der Waals surface area contributed by atoms with E-state index in [1.165, 1.54) is 0 Å². The van der Waals surface area contributed by atoms with E-state index in [4.69, 9.17) is 9.72 Å². The minimum Gasteiger partial charge on any atom is -0.508 e. The van der Waals surface area contributed by atoms with Gasteiger partial charge in [0.15, 0.2) is 0 Å². The van der Waals surface area contributed by atoms with Crippen LogP contribution in [-0.4, -0.2) is 28.7 Å². The maximum Gasteiger partial charge on any atom is 0.348 e. The highest BCUT2D eigenvalue weighted by molar-refractivity contribution is 6.94. The average Bonchev–Trinajstić information content (AvgIpc) is 3.12. The van der Waals surface area contributed by atoms with Crippen LogP contribution in [0.15, 0.2) is 29.1 Å². The lowest BCUT2D eigenvalue weighted by Crippen LogP contribution is -2.51. The molecule has 3 aromatic rings. The molecule has 8 heteroatoms. The number of aromatic nitrogens is 2. The summed E-state index contributed by atoms with van der Waals surface area (Å²) in [5.74, 6) is -0.785. The standard InChI is InChI=1S/C26H29FN2O4Si/c1-7-26(27)18-11-20-21-16(12-29(20)23(31)17(18)13-33-24(26)32)22(34(5,6)25(2,3)4)15-10-14(30)8-9-19(15)28-21/h8-11,30H,7,12-13H2,1-6H3/t26-/m1/s1. The third kappa shape index (κ3) is 2.87. The summed E-state index contributed by atoms with van der Waals surface area (Å²) in [6.45, 7) is 12.9. The van der Waals surface area contributed by atoms with Gasteiger partial charge in [-0.05, 0) is 46.5 Å². The van der Waals surface area contributed by atoms with Crippen molar-refractivity contribution in [3.63, 3.8) is 0 Å². The summed E-state index contributed by atoms with van der Waals surface area (Å²) in [7, 11) is -2.18. The Morgan fingerprint density at radius 3 is 2.56 bits per heavy atom. The number of ether oxygens (including phenoxy) is 1. The fourth-order valence-corrected chi connectivity index (χ4v) is 7.71. The molecule has 4 heterocycles. The minimum absolute atomic E-state index is 0.0178. The first-order valence-corrected chi connectivity index (χ1v) is 14.6. The molecule has 0 radical (unpaired) electrons. The van der Waals surface area contributed by atoms with Crippen LogP contribution in [0.4, 0.5) is 4.39 Å². The molecular formula is C26H29FN2O4Si.